The smallest absolute Gasteiger partial charge is 0.267 e. The van der Waals surface area contributed by atoms with E-state index >= 15 is 0 Å². The summed E-state index contributed by atoms with van der Waals surface area (Å²) < 4.78 is 30.7. The molecule has 7 heteroatoms. The highest BCUT2D eigenvalue weighted by atomic mass is 35.5. The van der Waals surface area contributed by atoms with E-state index in [1.54, 1.807) is 19.1 Å². The molecule has 0 fully saturated rings. The first kappa shape index (κ1) is 13.8. The van der Waals surface area contributed by atoms with E-state index in [9.17, 15) is 13.2 Å². The van der Waals surface area contributed by atoms with E-state index in [0.717, 1.165) is 0 Å². The molecule has 0 saturated heterocycles. The van der Waals surface area contributed by atoms with Crippen molar-refractivity contribution in [2.75, 3.05) is 12.5 Å². The lowest BCUT2D eigenvalue weighted by Gasteiger charge is -2.10. The van der Waals surface area contributed by atoms with Gasteiger partial charge in [-0.3, -0.25) is 4.79 Å². The van der Waals surface area contributed by atoms with Gasteiger partial charge < -0.3 is 4.74 Å². The van der Waals surface area contributed by atoms with Crippen LogP contribution in [-0.4, -0.2) is 26.8 Å². The van der Waals surface area contributed by atoms with Gasteiger partial charge in [0.2, 0.25) is 5.91 Å². The number of ether oxygens (including phenoxy) is 1. The van der Waals surface area contributed by atoms with E-state index in [1.807, 2.05) is 4.72 Å². The molecule has 5 nitrogen and oxygen atoms in total. The van der Waals surface area contributed by atoms with Gasteiger partial charge in [0.15, 0.2) is 0 Å². The Morgan fingerprint density at radius 2 is 2.06 bits per heavy atom. The zero-order chi connectivity index (χ0) is 12.9. The molecular formula is C10H12ClNO4S. The standard InChI is InChI=1S/C10H12ClNO4S/c1-2-16-8-5-3-4-6-9(8)17(14,15)12-10(13)7-11/h3-6H,2,7H2,1H3,(H,12,13). The fourth-order valence-electron chi connectivity index (χ4n) is 1.18. The average Bonchev–Trinajstić information content (AvgIpc) is 2.29. The Morgan fingerprint density at radius 3 is 2.65 bits per heavy atom. The Labute approximate surface area is 105 Å². The number of nitrogens with one attached hydrogen (secondary N) is 1. The maximum Gasteiger partial charge on any atom is 0.267 e. The molecule has 0 bridgehead atoms. The van der Waals surface area contributed by atoms with Gasteiger partial charge in [-0.2, -0.15) is 0 Å². The van der Waals surface area contributed by atoms with Crippen LogP contribution >= 0.6 is 11.6 Å². The van der Waals surface area contributed by atoms with E-state index in [4.69, 9.17) is 16.3 Å². The molecule has 0 aliphatic carbocycles. The van der Waals surface area contributed by atoms with Crippen molar-refractivity contribution in [3.63, 3.8) is 0 Å². The second kappa shape index (κ2) is 5.88. The van der Waals surface area contributed by atoms with Crippen molar-refractivity contribution in [1.29, 1.82) is 0 Å². The fourth-order valence-corrected chi connectivity index (χ4v) is 2.46. The third-order valence-corrected chi connectivity index (χ3v) is 3.46. The number of amides is 1. The minimum Gasteiger partial charge on any atom is -0.492 e. The largest absolute Gasteiger partial charge is 0.492 e. The lowest BCUT2D eigenvalue weighted by atomic mass is 10.3. The quantitative estimate of drug-likeness (QED) is 0.819. The number of para-hydroxylation sites is 1. The van der Waals surface area contributed by atoms with Crippen molar-refractivity contribution in [2.45, 2.75) is 11.8 Å². The highest BCUT2D eigenvalue weighted by Crippen LogP contribution is 2.22. The molecule has 0 heterocycles. The molecule has 94 valence electrons. The highest BCUT2D eigenvalue weighted by molar-refractivity contribution is 7.90. The molecule has 1 rings (SSSR count). The third kappa shape index (κ3) is 3.61. The van der Waals surface area contributed by atoms with Crippen LogP contribution in [0.2, 0.25) is 0 Å². The molecule has 0 aromatic heterocycles. The topological polar surface area (TPSA) is 72.5 Å². The molecular weight excluding hydrogens is 266 g/mol. The molecule has 0 unspecified atom stereocenters. The summed E-state index contributed by atoms with van der Waals surface area (Å²) in [5.41, 5.74) is 0. The van der Waals surface area contributed by atoms with Gasteiger partial charge >= 0.3 is 0 Å². The third-order valence-electron chi connectivity index (χ3n) is 1.81. The molecule has 0 atom stereocenters. The molecule has 0 aliphatic rings. The van der Waals surface area contributed by atoms with E-state index < -0.39 is 21.8 Å². The second-order valence-corrected chi connectivity index (χ2v) is 4.96. The van der Waals surface area contributed by atoms with E-state index in [-0.39, 0.29) is 10.6 Å². The van der Waals surface area contributed by atoms with Crippen LogP contribution in [0.1, 0.15) is 6.92 Å². The molecule has 0 spiro atoms. The number of hydrogen-bond donors (Lipinski definition) is 1. The van der Waals surface area contributed by atoms with Crippen molar-refractivity contribution in [3.05, 3.63) is 24.3 Å². The number of rotatable bonds is 5. The van der Waals surface area contributed by atoms with Crippen LogP contribution in [0, 0.1) is 0 Å². The van der Waals surface area contributed by atoms with Crippen LogP contribution in [-0.2, 0) is 14.8 Å². The Balaban J connectivity index is 3.10. The maximum absolute atomic E-state index is 11.8. The Bertz CT molecular complexity index is 501. The van der Waals surface area contributed by atoms with Gasteiger partial charge in [0, 0.05) is 0 Å². The number of alkyl halides is 1. The van der Waals surface area contributed by atoms with Crippen LogP contribution in [0.3, 0.4) is 0 Å². The summed E-state index contributed by atoms with van der Waals surface area (Å²) in [5.74, 6) is -1.00. The van der Waals surface area contributed by atoms with Crippen molar-refractivity contribution in [3.8, 4) is 5.75 Å². The molecule has 0 saturated carbocycles. The number of carbonyl (C=O) groups is 1. The number of hydrogen-bond acceptors (Lipinski definition) is 4. The van der Waals surface area contributed by atoms with Gasteiger partial charge in [0.1, 0.15) is 16.5 Å². The summed E-state index contributed by atoms with van der Waals surface area (Å²) in [6, 6.07) is 6.06. The summed E-state index contributed by atoms with van der Waals surface area (Å²) >= 11 is 5.24. The van der Waals surface area contributed by atoms with Gasteiger partial charge in [-0.15, -0.1) is 11.6 Å². The van der Waals surface area contributed by atoms with Crippen molar-refractivity contribution in [1.82, 2.24) is 4.72 Å². The summed E-state index contributed by atoms with van der Waals surface area (Å²) in [5, 5.41) is 0. The predicted molar refractivity (Wildman–Crippen MR) is 63.7 cm³/mol. The number of halogens is 1. The average molecular weight is 278 g/mol. The van der Waals surface area contributed by atoms with Crippen LogP contribution in [0.15, 0.2) is 29.2 Å². The van der Waals surface area contributed by atoms with Crippen molar-refractivity contribution in [2.24, 2.45) is 0 Å². The zero-order valence-electron chi connectivity index (χ0n) is 9.14. The van der Waals surface area contributed by atoms with Gasteiger partial charge in [-0.05, 0) is 19.1 Å². The fraction of sp³-hybridized carbons (Fsp3) is 0.300. The monoisotopic (exact) mass is 277 g/mol. The van der Waals surface area contributed by atoms with E-state index in [1.165, 1.54) is 12.1 Å². The van der Waals surface area contributed by atoms with Gasteiger partial charge in [-0.1, -0.05) is 12.1 Å². The molecule has 0 aliphatic heterocycles. The predicted octanol–water partition coefficient (Wildman–Crippen LogP) is 1.13. The molecule has 1 aromatic rings. The molecule has 0 radical (unpaired) electrons. The summed E-state index contributed by atoms with van der Waals surface area (Å²) in [6.45, 7) is 2.07. The van der Waals surface area contributed by atoms with Crippen LogP contribution < -0.4 is 9.46 Å². The highest BCUT2D eigenvalue weighted by Gasteiger charge is 2.21. The van der Waals surface area contributed by atoms with E-state index in [0.29, 0.717) is 6.61 Å². The van der Waals surface area contributed by atoms with Crippen molar-refractivity contribution < 1.29 is 17.9 Å². The normalized spacial score (nSPS) is 10.9. The SMILES string of the molecule is CCOc1ccccc1S(=O)(=O)NC(=O)CCl. The minimum atomic E-state index is -3.93. The molecule has 17 heavy (non-hydrogen) atoms. The lowest BCUT2D eigenvalue weighted by Crippen LogP contribution is -2.31. The van der Waals surface area contributed by atoms with E-state index in [2.05, 4.69) is 0 Å². The van der Waals surface area contributed by atoms with Crippen molar-refractivity contribution >= 4 is 27.5 Å². The summed E-state index contributed by atoms with van der Waals surface area (Å²) in [7, 11) is -3.93. The van der Waals surface area contributed by atoms with Crippen LogP contribution in [0.4, 0.5) is 0 Å². The number of benzene rings is 1. The zero-order valence-corrected chi connectivity index (χ0v) is 10.7. The molecule has 1 amide bonds. The lowest BCUT2D eigenvalue weighted by molar-refractivity contribution is -0.116. The van der Waals surface area contributed by atoms with Crippen LogP contribution in [0.25, 0.3) is 0 Å². The first-order valence-electron chi connectivity index (χ1n) is 4.84. The Morgan fingerprint density at radius 1 is 1.41 bits per heavy atom. The Kier molecular flexibility index (Phi) is 4.77. The van der Waals surface area contributed by atoms with Crippen LogP contribution in [0.5, 0.6) is 5.75 Å². The number of sulfonamides is 1. The summed E-state index contributed by atoms with van der Waals surface area (Å²) in [4.78, 5) is 10.9. The van der Waals surface area contributed by atoms with Gasteiger partial charge in [0.25, 0.3) is 10.0 Å². The van der Waals surface area contributed by atoms with Gasteiger partial charge in [-0.25, -0.2) is 13.1 Å². The molecule has 1 aromatic carbocycles. The second-order valence-electron chi connectivity index (χ2n) is 3.04. The number of carbonyl (C=O) groups excluding carboxylic acids is 1. The maximum atomic E-state index is 11.8. The summed E-state index contributed by atoms with van der Waals surface area (Å²) in [6.07, 6.45) is 0. The first-order chi connectivity index (χ1) is 8.01. The molecule has 1 N–H and O–H groups in total. The Hall–Kier alpha value is -1.27. The first-order valence-corrected chi connectivity index (χ1v) is 6.86. The minimum absolute atomic E-state index is 0.0830. The van der Waals surface area contributed by atoms with Gasteiger partial charge in [0.05, 0.1) is 6.61 Å².